The summed E-state index contributed by atoms with van der Waals surface area (Å²) in [6.45, 7) is 7.27. The first-order chi connectivity index (χ1) is 7.04. The molecule has 15 heavy (non-hydrogen) atoms. The van der Waals surface area contributed by atoms with Crippen molar-refractivity contribution < 1.29 is 9.59 Å². The second-order valence-corrected chi connectivity index (χ2v) is 3.75. The predicted molar refractivity (Wildman–Crippen MR) is 60.6 cm³/mol. The van der Waals surface area contributed by atoms with Gasteiger partial charge in [-0.2, -0.15) is 0 Å². The maximum atomic E-state index is 11.6. The third-order valence-corrected chi connectivity index (χ3v) is 2.63. The maximum absolute atomic E-state index is 11.6. The van der Waals surface area contributed by atoms with Crippen LogP contribution >= 0.6 is 0 Å². The van der Waals surface area contributed by atoms with E-state index in [0.717, 1.165) is 13.0 Å². The summed E-state index contributed by atoms with van der Waals surface area (Å²) in [4.78, 5) is 24.6. The molecule has 0 saturated heterocycles. The van der Waals surface area contributed by atoms with Crippen LogP contribution in [-0.4, -0.2) is 43.3 Å². The molecule has 1 unspecified atom stereocenters. The Hall–Kier alpha value is -0.900. The van der Waals surface area contributed by atoms with E-state index in [4.69, 9.17) is 0 Å². The number of nitrogens with one attached hydrogen (secondary N) is 1. The fourth-order valence-electron chi connectivity index (χ4n) is 1.17. The van der Waals surface area contributed by atoms with Gasteiger partial charge in [0.15, 0.2) is 0 Å². The molecule has 88 valence electrons. The summed E-state index contributed by atoms with van der Waals surface area (Å²) < 4.78 is 0. The first-order valence-corrected chi connectivity index (χ1v) is 5.50. The summed E-state index contributed by atoms with van der Waals surface area (Å²) in [5.41, 5.74) is 0. The monoisotopic (exact) mass is 214 g/mol. The normalized spacial score (nSPS) is 12.6. The molecule has 1 atom stereocenters. The fourth-order valence-corrected chi connectivity index (χ4v) is 1.17. The van der Waals surface area contributed by atoms with Gasteiger partial charge in [0.05, 0.1) is 13.1 Å². The van der Waals surface area contributed by atoms with Crippen LogP contribution in [0.25, 0.3) is 0 Å². The number of hydrogen-bond donors (Lipinski definition) is 1. The topological polar surface area (TPSA) is 49.4 Å². The molecule has 0 rings (SSSR count). The van der Waals surface area contributed by atoms with E-state index in [-0.39, 0.29) is 17.6 Å². The fraction of sp³-hybridized carbons (Fsp3) is 0.818. The second kappa shape index (κ2) is 7.40. The first-order valence-electron chi connectivity index (χ1n) is 5.50. The number of carbonyl (C=O) groups excluding carboxylic acids is 2. The van der Waals surface area contributed by atoms with Crippen molar-refractivity contribution >= 4 is 11.7 Å². The van der Waals surface area contributed by atoms with Crippen LogP contribution in [0.2, 0.25) is 0 Å². The molecule has 0 fully saturated rings. The number of hydrogen-bond acceptors (Lipinski definition) is 3. The average molecular weight is 214 g/mol. The molecule has 0 saturated carbocycles. The number of rotatable bonds is 7. The van der Waals surface area contributed by atoms with Gasteiger partial charge >= 0.3 is 0 Å². The number of ketones is 1. The van der Waals surface area contributed by atoms with E-state index in [2.05, 4.69) is 5.32 Å². The standard InChI is InChI=1S/C11H22N2O2/c1-5-9(3)10(14)7-13(6-2)8-11(15)12-4/h9H,5-8H2,1-4H3,(H,12,15). The zero-order chi connectivity index (χ0) is 11.8. The van der Waals surface area contributed by atoms with Crippen LogP contribution < -0.4 is 5.32 Å². The van der Waals surface area contributed by atoms with E-state index >= 15 is 0 Å². The number of nitrogens with zero attached hydrogens (tertiary/aromatic N) is 1. The molecule has 4 nitrogen and oxygen atoms in total. The molecule has 1 amide bonds. The van der Waals surface area contributed by atoms with Crippen LogP contribution in [0.5, 0.6) is 0 Å². The lowest BCUT2D eigenvalue weighted by molar-refractivity contribution is -0.125. The molecule has 1 N–H and O–H groups in total. The van der Waals surface area contributed by atoms with Gasteiger partial charge in [-0.1, -0.05) is 20.8 Å². The summed E-state index contributed by atoms with van der Waals surface area (Å²) in [7, 11) is 1.60. The zero-order valence-electron chi connectivity index (χ0n) is 10.2. The van der Waals surface area contributed by atoms with E-state index in [1.807, 2.05) is 25.7 Å². The van der Waals surface area contributed by atoms with E-state index in [1.165, 1.54) is 0 Å². The van der Waals surface area contributed by atoms with Crippen molar-refractivity contribution in [3.05, 3.63) is 0 Å². The number of carbonyl (C=O) groups is 2. The molecule has 0 aliphatic carbocycles. The van der Waals surface area contributed by atoms with Crippen LogP contribution in [0, 0.1) is 5.92 Å². The Bertz CT molecular complexity index is 217. The molecule has 0 bridgehead atoms. The highest BCUT2D eigenvalue weighted by Gasteiger charge is 2.15. The van der Waals surface area contributed by atoms with Crippen LogP contribution in [0.15, 0.2) is 0 Å². The molecule has 0 heterocycles. The highest BCUT2D eigenvalue weighted by molar-refractivity contribution is 5.83. The van der Waals surface area contributed by atoms with Gasteiger partial charge in [-0.3, -0.25) is 14.5 Å². The van der Waals surface area contributed by atoms with Crippen LogP contribution in [0.4, 0.5) is 0 Å². The molecule has 4 heteroatoms. The third-order valence-electron chi connectivity index (χ3n) is 2.63. The summed E-state index contributed by atoms with van der Waals surface area (Å²) in [5.74, 6) is 0.251. The second-order valence-electron chi connectivity index (χ2n) is 3.75. The minimum atomic E-state index is -0.0474. The molecule has 0 aliphatic rings. The van der Waals surface area contributed by atoms with Crippen molar-refractivity contribution in [2.24, 2.45) is 5.92 Å². The zero-order valence-corrected chi connectivity index (χ0v) is 10.2. The first kappa shape index (κ1) is 14.1. The molecular weight excluding hydrogens is 192 g/mol. The lowest BCUT2D eigenvalue weighted by Gasteiger charge is -2.20. The largest absolute Gasteiger partial charge is 0.358 e. The third kappa shape index (κ3) is 5.52. The van der Waals surface area contributed by atoms with Crippen molar-refractivity contribution in [1.82, 2.24) is 10.2 Å². The van der Waals surface area contributed by atoms with Gasteiger partial charge < -0.3 is 5.32 Å². The Morgan fingerprint density at radius 1 is 1.27 bits per heavy atom. The number of Topliss-reactive ketones (excluding diaryl/α,β-unsaturated/α-hetero) is 1. The van der Waals surface area contributed by atoms with Gasteiger partial charge in [0.1, 0.15) is 5.78 Å². The molecule has 0 aromatic rings. The Balaban J connectivity index is 4.09. The van der Waals surface area contributed by atoms with Crippen LogP contribution in [0.1, 0.15) is 27.2 Å². The number of likely N-dealkylation sites (N-methyl/N-ethyl adjacent to an activating group) is 2. The smallest absolute Gasteiger partial charge is 0.233 e. The van der Waals surface area contributed by atoms with E-state index in [0.29, 0.717) is 13.1 Å². The molecule has 0 aromatic carbocycles. The highest BCUT2D eigenvalue weighted by atomic mass is 16.2. The van der Waals surface area contributed by atoms with Gasteiger partial charge in [0.2, 0.25) is 5.91 Å². The van der Waals surface area contributed by atoms with Crippen molar-refractivity contribution in [1.29, 1.82) is 0 Å². The van der Waals surface area contributed by atoms with Gasteiger partial charge in [-0.05, 0) is 13.0 Å². The summed E-state index contributed by atoms with van der Waals surface area (Å²) >= 11 is 0. The summed E-state index contributed by atoms with van der Waals surface area (Å²) in [6.07, 6.45) is 0.858. The quantitative estimate of drug-likeness (QED) is 0.677. The summed E-state index contributed by atoms with van der Waals surface area (Å²) in [6, 6.07) is 0. The van der Waals surface area contributed by atoms with Crippen molar-refractivity contribution in [2.45, 2.75) is 27.2 Å². The Morgan fingerprint density at radius 2 is 1.87 bits per heavy atom. The van der Waals surface area contributed by atoms with Crippen molar-refractivity contribution in [2.75, 3.05) is 26.7 Å². The minimum Gasteiger partial charge on any atom is -0.358 e. The predicted octanol–water partition coefficient (Wildman–Crippen LogP) is 0.670. The number of amides is 1. The molecule has 0 aromatic heterocycles. The van der Waals surface area contributed by atoms with Crippen molar-refractivity contribution in [3.8, 4) is 0 Å². The Labute approximate surface area is 92.0 Å². The molecule has 0 radical (unpaired) electrons. The van der Waals surface area contributed by atoms with Crippen LogP contribution in [-0.2, 0) is 9.59 Å². The van der Waals surface area contributed by atoms with E-state index in [9.17, 15) is 9.59 Å². The highest BCUT2D eigenvalue weighted by Crippen LogP contribution is 2.03. The molecule has 0 spiro atoms. The van der Waals surface area contributed by atoms with Crippen molar-refractivity contribution in [3.63, 3.8) is 0 Å². The lowest BCUT2D eigenvalue weighted by atomic mass is 10.0. The lowest BCUT2D eigenvalue weighted by Crippen LogP contribution is -2.39. The Kier molecular flexibility index (Phi) is 6.96. The van der Waals surface area contributed by atoms with Gasteiger partial charge in [0.25, 0.3) is 0 Å². The maximum Gasteiger partial charge on any atom is 0.233 e. The SMILES string of the molecule is CCC(C)C(=O)CN(CC)CC(=O)NC. The van der Waals surface area contributed by atoms with Gasteiger partial charge in [0, 0.05) is 13.0 Å². The van der Waals surface area contributed by atoms with E-state index < -0.39 is 0 Å². The van der Waals surface area contributed by atoms with E-state index in [1.54, 1.807) is 7.05 Å². The van der Waals surface area contributed by atoms with Crippen LogP contribution in [0.3, 0.4) is 0 Å². The Morgan fingerprint density at radius 3 is 2.27 bits per heavy atom. The summed E-state index contributed by atoms with van der Waals surface area (Å²) in [5, 5.41) is 2.55. The van der Waals surface area contributed by atoms with Gasteiger partial charge in [-0.15, -0.1) is 0 Å². The molecular formula is C11H22N2O2. The van der Waals surface area contributed by atoms with Gasteiger partial charge in [-0.25, -0.2) is 0 Å². The average Bonchev–Trinajstić information content (AvgIpc) is 2.26. The molecule has 0 aliphatic heterocycles. The minimum absolute atomic E-state index is 0.0474.